The van der Waals surface area contributed by atoms with Gasteiger partial charge in [0.2, 0.25) is 0 Å². The number of fused-ring (bicyclic) bond motifs is 1. The summed E-state index contributed by atoms with van der Waals surface area (Å²) in [4.78, 5) is 9.20. The zero-order valence-electron chi connectivity index (χ0n) is 5.70. The van der Waals surface area contributed by atoms with E-state index in [1.807, 2.05) is 0 Å². The number of hydrogen-bond acceptors (Lipinski definition) is 3. The molecule has 1 radical (unpaired) electrons. The van der Waals surface area contributed by atoms with Gasteiger partial charge in [-0.1, -0.05) is 11.6 Å². The van der Waals surface area contributed by atoms with Crippen LogP contribution in [0.4, 0.5) is 0 Å². The van der Waals surface area contributed by atoms with Gasteiger partial charge in [-0.2, -0.15) is 0 Å². The van der Waals surface area contributed by atoms with Gasteiger partial charge >= 0.3 is 7.30 Å². The van der Waals surface area contributed by atoms with E-state index < -0.39 is 7.30 Å². The van der Waals surface area contributed by atoms with E-state index in [1.54, 1.807) is 12.1 Å². The normalized spacial score (nSPS) is 25.9. The molecule has 1 N–H and O–H groups in total. The molecule has 0 amide bonds. The molecule has 0 saturated heterocycles. The summed E-state index contributed by atoms with van der Waals surface area (Å²) in [5.74, 6) is 0.804. The molecule has 2 rings (SSSR count). The molecule has 3 nitrogen and oxygen atoms in total. The Bertz CT molecular complexity index is 329. The third-order valence-corrected chi connectivity index (χ3v) is 2.82. The molecule has 0 bridgehead atoms. The van der Waals surface area contributed by atoms with Crippen molar-refractivity contribution in [3.05, 3.63) is 23.2 Å². The average molecular weight is 226 g/mol. The van der Waals surface area contributed by atoms with Crippen LogP contribution in [0.2, 0.25) is 5.02 Å². The highest BCUT2D eigenvalue weighted by molar-refractivity contribution is 7.87. The predicted molar refractivity (Wildman–Crippen MR) is 47.7 cm³/mol. The molecular weight excluding hydrogens is 222 g/mol. The highest BCUT2D eigenvalue weighted by atomic mass is 35.7. The van der Waals surface area contributed by atoms with Gasteiger partial charge in [0, 0.05) is 22.3 Å². The van der Waals surface area contributed by atoms with Crippen molar-refractivity contribution in [2.24, 2.45) is 0 Å². The summed E-state index contributed by atoms with van der Waals surface area (Å²) in [7, 11) is -3.18. The SMILES string of the molecule is O[P]1(Cl)Oc2ccc(Cl)cc2O1. The first kappa shape index (κ1) is 8.39. The Kier molecular flexibility index (Phi) is 1.85. The minimum absolute atomic E-state index is 0.383. The fourth-order valence-electron chi connectivity index (χ4n) is 0.890. The van der Waals surface area contributed by atoms with Crippen molar-refractivity contribution >= 4 is 30.1 Å². The van der Waals surface area contributed by atoms with Gasteiger partial charge < -0.3 is 13.9 Å². The zero-order chi connectivity index (χ0) is 8.77. The molecule has 0 saturated carbocycles. The Morgan fingerprint density at radius 2 is 1.92 bits per heavy atom. The lowest BCUT2D eigenvalue weighted by molar-refractivity contribution is 0.417. The molecule has 1 atom stereocenters. The smallest absolute Gasteiger partial charge is 0.411 e. The van der Waals surface area contributed by atoms with Crippen molar-refractivity contribution in [1.82, 2.24) is 0 Å². The Hall–Kier alpha value is -0.210. The second kappa shape index (κ2) is 2.64. The van der Waals surface area contributed by atoms with Crippen LogP contribution in [0.3, 0.4) is 0 Å². The highest BCUT2D eigenvalue weighted by Crippen LogP contribution is 2.68. The third-order valence-electron chi connectivity index (χ3n) is 1.33. The quantitative estimate of drug-likeness (QED) is 0.691. The molecule has 0 spiro atoms. The van der Waals surface area contributed by atoms with E-state index in [2.05, 4.69) is 0 Å². The van der Waals surface area contributed by atoms with Gasteiger partial charge in [-0.15, -0.1) is 0 Å². The fraction of sp³-hybridized carbons (Fsp3) is 0. The van der Waals surface area contributed by atoms with Crippen LogP contribution in [-0.2, 0) is 0 Å². The van der Waals surface area contributed by atoms with Crippen LogP contribution in [0.25, 0.3) is 0 Å². The molecule has 1 unspecified atom stereocenters. The van der Waals surface area contributed by atoms with Crippen molar-refractivity contribution in [1.29, 1.82) is 0 Å². The largest absolute Gasteiger partial charge is 0.436 e. The first-order valence-corrected chi connectivity index (χ1v) is 5.93. The Morgan fingerprint density at radius 1 is 1.25 bits per heavy atom. The minimum Gasteiger partial charge on any atom is -0.411 e. The predicted octanol–water partition coefficient (Wildman–Crippen LogP) is 3.02. The monoisotopic (exact) mass is 225 g/mol. The lowest BCUT2D eigenvalue weighted by Gasteiger charge is -2.10. The molecule has 1 aromatic carbocycles. The maximum atomic E-state index is 9.20. The lowest BCUT2D eigenvalue weighted by atomic mass is 10.3. The van der Waals surface area contributed by atoms with Gasteiger partial charge in [0.25, 0.3) is 0 Å². The highest BCUT2D eigenvalue weighted by Gasteiger charge is 2.37. The van der Waals surface area contributed by atoms with Gasteiger partial charge in [0.05, 0.1) is 0 Å². The molecule has 12 heavy (non-hydrogen) atoms. The van der Waals surface area contributed by atoms with E-state index in [-0.39, 0.29) is 0 Å². The molecule has 0 aromatic heterocycles. The van der Waals surface area contributed by atoms with Crippen molar-refractivity contribution in [3.63, 3.8) is 0 Å². The molecular formula is C6H4Cl2O3P. The van der Waals surface area contributed by atoms with Crippen LogP contribution in [-0.4, -0.2) is 4.89 Å². The fourth-order valence-corrected chi connectivity index (χ4v) is 2.31. The molecule has 1 aliphatic rings. The van der Waals surface area contributed by atoms with E-state index in [4.69, 9.17) is 31.9 Å². The minimum atomic E-state index is -3.18. The van der Waals surface area contributed by atoms with Gasteiger partial charge in [-0.25, -0.2) is 0 Å². The first-order chi connectivity index (χ1) is 5.57. The van der Waals surface area contributed by atoms with Crippen molar-refractivity contribution in [2.45, 2.75) is 0 Å². The molecule has 0 aliphatic carbocycles. The maximum absolute atomic E-state index is 9.20. The van der Waals surface area contributed by atoms with Crippen LogP contribution in [0.15, 0.2) is 18.2 Å². The summed E-state index contributed by atoms with van der Waals surface area (Å²) < 4.78 is 9.80. The van der Waals surface area contributed by atoms with E-state index >= 15 is 0 Å². The maximum Gasteiger partial charge on any atom is 0.436 e. The van der Waals surface area contributed by atoms with E-state index in [0.717, 1.165) is 0 Å². The number of halogens is 2. The summed E-state index contributed by atoms with van der Waals surface area (Å²) in [5, 5.41) is 0.510. The lowest BCUT2D eigenvalue weighted by Crippen LogP contribution is -1.90. The van der Waals surface area contributed by atoms with Crippen molar-refractivity contribution in [2.75, 3.05) is 0 Å². The standard InChI is InChI=1S/C6H4Cl2O3P/c7-4-1-2-5-6(3-4)11-12(8,9)10-5/h1-3,9H. The molecule has 0 fully saturated rings. The Labute approximate surface area is 79.2 Å². The number of hydrogen-bond donors (Lipinski definition) is 1. The van der Waals surface area contributed by atoms with Crippen LogP contribution < -0.4 is 9.05 Å². The zero-order valence-corrected chi connectivity index (χ0v) is 8.11. The van der Waals surface area contributed by atoms with Gasteiger partial charge in [0.15, 0.2) is 11.5 Å². The number of benzene rings is 1. The average Bonchev–Trinajstić information content (AvgIpc) is 2.21. The summed E-state index contributed by atoms with van der Waals surface area (Å²) in [6.07, 6.45) is 0. The number of rotatable bonds is 0. The molecule has 1 aliphatic heterocycles. The van der Waals surface area contributed by atoms with Crippen LogP contribution in [0.1, 0.15) is 0 Å². The van der Waals surface area contributed by atoms with Crippen LogP contribution >= 0.6 is 30.1 Å². The molecule has 6 heteroatoms. The molecule has 1 heterocycles. The van der Waals surface area contributed by atoms with E-state index in [1.165, 1.54) is 6.07 Å². The van der Waals surface area contributed by atoms with Crippen LogP contribution in [0.5, 0.6) is 11.5 Å². The molecule has 1 aromatic rings. The molecule has 65 valence electrons. The van der Waals surface area contributed by atoms with E-state index in [9.17, 15) is 4.89 Å². The Morgan fingerprint density at radius 3 is 2.67 bits per heavy atom. The van der Waals surface area contributed by atoms with Crippen molar-refractivity contribution in [3.8, 4) is 11.5 Å². The van der Waals surface area contributed by atoms with Gasteiger partial charge in [-0.05, 0) is 12.1 Å². The topological polar surface area (TPSA) is 38.7 Å². The summed E-state index contributed by atoms with van der Waals surface area (Å²) >= 11 is 11.1. The first-order valence-electron chi connectivity index (χ1n) is 3.07. The summed E-state index contributed by atoms with van der Waals surface area (Å²) in [6, 6.07) is 4.77. The third kappa shape index (κ3) is 1.46. The summed E-state index contributed by atoms with van der Waals surface area (Å²) in [5.41, 5.74) is 0. The summed E-state index contributed by atoms with van der Waals surface area (Å²) in [6.45, 7) is 0. The second-order valence-corrected chi connectivity index (χ2v) is 5.21. The van der Waals surface area contributed by atoms with E-state index in [0.29, 0.717) is 16.5 Å². The Balaban J connectivity index is 2.43. The van der Waals surface area contributed by atoms with Crippen molar-refractivity contribution < 1.29 is 13.9 Å². The van der Waals surface area contributed by atoms with Crippen LogP contribution in [0, 0.1) is 0 Å². The van der Waals surface area contributed by atoms with Gasteiger partial charge in [-0.3, -0.25) is 0 Å². The van der Waals surface area contributed by atoms with Gasteiger partial charge in [0.1, 0.15) is 0 Å². The second-order valence-electron chi connectivity index (χ2n) is 2.23.